The van der Waals surface area contributed by atoms with E-state index in [4.69, 9.17) is 4.74 Å². The highest BCUT2D eigenvalue weighted by atomic mass is 16.6. The average Bonchev–Trinajstić information content (AvgIpc) is 2.83. The van der Waals surface area contributed by atoms with Crippen LogP contribution in [0, 0.1) is 10.1 Å². The molecule has 3 aromatic carbocycles. The summed E-state index contributed by atoms with van der Waals surface area (Å²) in [6.07, 6.45) is 0.0654. The van der Waals surface area contributed by atoms with Gasteiger partial charge in [0.2, 0.25) is 5.91 Å². The number of nitrogens with one attached hydrogen (secondary N) is 2. The molecule has 3 rings (SSSR count). The van der Waals surface area contributed by atoms with Gasteiger partial charge in [0.25, 0.3) is 11.6 Å². The fourth-order valence-corrected chi connectivity index (χ4v) is 3.50. The summed E-state index contributed by atoms with van der Waals surface area (Å²) in [5.41, 5.74) is 0.922. The number of ether oxygens (including phenoxy) is 1. The maximum atomic E-state index is 13.2. The molecule has 9 nitrogen and oxygen atoms in total. The second kappa shape index (κ2) is 11.0. The lowest BCUT2D eigenvalue weighted by atomic mass is 10.0. The lowest BCUT2D eigenvalue weighted by Crippen LogP contribution is -2.52. The van der Waals surface area contributed by atoms with Crippen LogP contribution in [0.25, 0.3) is 10.8 Å². The Bertz CT molecular complexity index is 1200. The van der Waals surface area contributed by atoms with E-state index in [1.165, 1.54) is 31.2 Å². The van der Waals surface area contributed by atoms with Crippen molar-refractivity contribution in [3.8, 4) is 0 Å². The van der Waals surface area contributed by atoms with Gasteiger partial charge in [0.1, 0.15) is 12.1 Å². The zero-order valence-corrected chi connectivity index (χ0v) is 18.8. The number of hydrogen-bond donors (Lipinski definition) is 2. The number of nitro groups is 1. The molecule has 0 heterocycles. The van der Waals surface area contributed by atoms with E-state index in [0.29, 0.717) is 11.1 Å². The molecule has 0 saturated carbocycles. The molecular formula is C25H25N3O6. The van der Waals surface area contributed by atoms with E-state index < -0.39 is 34.8 Å². The first-order valence-corrected chi connectivity index (χ1v) is 10.8. The van der Waals surface area contributed by atoms with Crippen LogP contribution in [-0.4, -0.2) is 41.4 Å². The Labute approximate surface area is 196 Å². The van der Waals surface area contributed by atoms with Gasteiger partial charge in [0, 0.05) is 24.1 Å². The molecule has 34 heavy (non-hydrogen) atoms. The molecule has 0 bridgehead atoms. The third-order valence-electron chi connectivity index (χ3n) is 5.24. The van der Waals surface area contributed by atoms with Gasteiger partial charge in [0.15, 0.2) is 0 Å². The topological polar surface area (TPSA) is 128 Å². The number of carbonyl (C=O) groups is 3. The minimum absolute atomic E-state index is 0.0654. The molecular weight excluding hydrogens is 438 g/mol. The summed E-state index contributed by atoms with van der Waals surface area (Å²) in [6, 6.07) is 16.5. The maximum Gasteiger partial charge on any atom is 0.328 e. The lowest BCUT2D eigenvalue weighted by molar-refractivity contribution is -0.384. The molecule has 0 unspecified atom stereocenters. The van der Waals surface area contributed by atoms with Crippen LogP contribution in [0.15, 0.2) is 66.7 Å². The molecule has 0 aliphatic heterocycles. The third kappa shape index (κ3) is 5.94. The van der Waals surface area contributed by atoms with E-state index in [2.05, 4.69) is 10.6 Å². The number of hydrogen-bond acceptors (Lipinski definition) is 6. The summed E-state index contributed by atoms with van der Waals surface area (Å²) in [7, 11) is 0. The number of rotatable bonds is 9. The number of carbonyl (C=O) groups excluding carboxylic acids is 3. The zero-order chi connectivity index (χ0) is 24.7. The molecule has 0 aliphatic carbocycles. The van der Waals surface area contributed by atoms with Crippen molar-refractivity contribution < 1.29 is 24.0 Å². The molecule has 0 saturated heterocycles. The molecule has 2 atom stereocenters. The van der Waals surface area contributed by atoms with Gasteiger partial charge in [-0.05, 0) is 36.2 Å². The molecule has 2 amide bonds. The SMILES string of the molecule is CCOC(=O)[C@H](C)NC(=O)[C@H](Cc1ccc([N+](=O)[O-])cc1)NC(=O)c1cccc2ccccc12. The molecule has 3 aromatic rings. The van der Waals surface area contributed by atoms with E-state index in [9.17, 15) is 24.5 Å². The summed E-state index contributed by atoms with van der Waals surface area (Å²) in [5, 5.41) is 17.9. The van der Waals surface area contributed by atoms with Crippen molar-refractivity contribution in [2.24, 2.45) is 0 Å². The van der Waals surface area contributed by atoms with Crippen LogP contribution in [-0.2, 0) is 20.7 Å². The highest BCUT2D eigenvalue weighted by Gasteiger charge is 2.26. The second-order valence-electron chi connectivity index (χ2n) is 7.66. The molecule has 0 fully saturated rings. The van der Waals surface area contributed by atoms with Crippen LogP contribution in [0.1, 0.15) is 29.8 Å². The summed E-state index contributed by atoms with van der Waals surface area (Å²) < 4.78 is 4.93. The number of nitrogens with zero attached hydrogens (tertiary/aromatic N) is 1. The van der Waals surface area contributed by atoms with Crippen molar-refractivity contribution in [1.82, 2.24) is 10.6 Å². The number of fused-ring (bicyclic) bond motifs is 1. The van der Waals surface area contributed by atoms with Crippen molar-refractivity contribution in [2.45, 2.75) is 32.4 Å². The van der Waals surface area contributed by atoms with Crippen molar-refractivity contribution in [1.29, 1.82) is 0 Å². The third-order valence-corrected chi connectivity index (χ3v) is 5.24. The minimum Gasteiger partial charge on any atom is -0.464 e. The summed E-state index contributed by atoms with van der Waals surface area (Å²) >= 11 is 0. The monoisotopic (exact) mass is 463 g/mol. The fraction of sp³-hybridized carbons (Fsp3) is 0.240. The normalized spacial score (nSPS) is 12.4. The van der Waals surface area contributed by atoms with Crippen molar-refractivity contribution in [3.63, 3.8) is 0 Å². The van der Waals surface area contributed by atoms with Gasteiger partial charge in [-0.15, -0.1) is 0 Å². The molecule has 2 N–H and O–H groups in total. The van der Waals surface area contributed by atoms with Gasteiger partial charge >= 0.3 is 5.97 Å². The van der Waals surface area contributed by atoms with Crippen LogP contribution in [0.3, 0.4) is 0 Å². The highest BCUT2D eigenvalue weighted by molar-refractivity contribution is 6.08. The first-order valence-electron chi connectivity index (χ1n) is 10.8. The Morgan fingerprint density at radius 2 is 1.65 bits per heavy atom. The maximum absolute atomic E-state index is 13.2. The smallest absolute Gasteiger partial charge is 0.328 e. The number of amides is 2. The standard InChI is InChI=1S/C25H25N3O6/c1-3-34-25(31)16(2)26-24(30)22(15-17-11-13-19(14-12-17)28(32)33)27-23(29)21-10-6-8-18-7-4-5-9-20(18)21/h4-14,16,22H,3,15H2,1-2H3,(H,26,30)(H,27,29)/t16-,22-/m0/s1. The molecule has 0 aromatic heterocycles. The highest BCUT2D eigenvalue weighted by Crippen LogP contribution is 2.19. The van der Waals surface area contributed by atoms with Crippen molar-refractivity contribution in [3.05, 3.63) is 88.0 Å². The minimum atomic E-state index is -1.04. The van der Waals surface area contributed by atoms with Gasteiger partial charge in [-0.3, -0.25) is 19.7 Å². The Hall–Kier alpha value is -4.27. The molecule has 0 radical (unpaired) electrons. The number of non-ortho nitro benzene ring substituents is 1. The summed E-state index contributed by atoms with van der Waals surface area (Å²) in [4.78, 5) is 48.6. The number of nitro benzene ring substituents is 1. The predicted molar refractivity (Wildman–Crippen MR) is 126 cm³/mol. The summed E-state index contributed by atoms with van der Waals surface area (Å²) in [6.45, 7) is 3.32. The number of esters is 1. The zero-order valence-electron chi connectivity index (χ0n) is 18.8. The Balaban J connectivity index is 1.85. The number of benzene rings is 3. The fourth-order valence-electron chi connectivity index (χ4n) is 3.50. The van der Waals surface area contributed by atoms with Crippen molar-refractivity contribution in [2.75, 3.05) is 6.61 Å². The average molecular weight is 463 g/mol. The summed E-state index contributed by atoms with van der Waals surface area (Å²) in [5.74, 6) is -1.62. The van der Waals surface area contributed by atoms with Gasteiger partial charge in [-0.2, -0.15) is 0 Å². The van der Waals surface area contributed by atoms with Crippen molar-refractivity contribution >= 4 is 34.2 Å². The van der Waals surface area contributed by atoms with Crippen LogP contribution in [0.5, 0.6) is 0 Å². The van der Waals surface area contributed by atoms with Crippen LogP contribution in [0.2, 0.25) is 0 Å². The van der Waals surface area contributed by atoms with Gasteiger partial charge < -0.3 is 15.4 Å². The van der Waals surface area contributed by atoms with E-state index in [0.717, 1.165) is 10.8 Å². The largest absolute Gasteiger partial charge is 0.464 e. The van der Waals surface area contributed by atoms with Crippen LogP contribution in [0.4, 0.5) is 5.69 Å². The lowest BCUT2D eigenvalue weighted by Gasteiger charge is -2.21. The Morgan fingerprint density at radius 1 is 0.971 bits per heavy atom. The molecule has 176 valence electrons. The molecule has 9 heteroatoms. The second-order valence-corrected chi connectivity index (χ2v) is 7.66. The van der Waals surface area contributed by atoms with E-state index in [-0.39, 0.29) is 18.7 Å². The van der Waals surface area contributed by atoms with E-state index in [1.807, 2.05) is 30.3 Å². The van der Waals surface area contributed by atoms with E-state index >= 15 is 0 Å². The van der Waals surface area contributed by atoms with Crippen LogP contribution < -0.4 is 10.6 Å². The first kappa shape index (κ1) is 24.4. The molecule has 0 aliphatic rings. The Kier molecular flexibility index (Phi) is 7.92. The first-order chi connectivity index (χ1) is 16.3. The van der Waals surface area contributed by atoms with Gasteiger partial charge in [-0.1, -0.05) is 48.5 Å². The Morgan fingerprint density at radius 3 is 2.32 bits per heavy atom. The van der Waals surface area contributed by atoms with Gasteiger partial charge in [0.05, 0.1) is 11.5 Å². The van der Waals surface area contributed by atoms with Gasteiger partial charge in [-0.25, -0.2) is 4.79 Å². The van der Waals surface area contributed by atoms with Crippen LogP contribution >= 0.6 is 0 Å². The van der Waals surface area contributed by atoms with E-state index in [1.54, 1.807) is 19.1 Å². The quantitative estimate of drug-likeness (QED) is 0.285. The molecule has 0 spiro atoms. The predicted octanol–water partition coefficient (Wildman–Crippen LogP) is 3.16.